The van der Waals surface area contributed by atoms with Crippen LogP contribution in [0.2, 0.25) is 0 Å². The summed E-state index contributed by atoms with van der Waals surface area (Å²) in [4.78, 5) is 0. The summed E-state index contributed by atoms with van der Waals surface area (Å²) in [7, 11) is 0. The number of nitrogens with two attached hydrogens (primary N) is 1. The Kier molecular flexibility index (Phi) is 14.4. The topological polar surface area (TPSA) is 38.0 Å². The van der Waals surface area contributed by atoms with E-state index in [1.165, 1.54) is 12.1 Å². The summed E-state index contributed by atoms with van der Waals surface area (Å²) in [6, 6.07) is 5.04. The van der Waals surface area contributed by atoms with E-state index in [9.17, 15) is 8.78 Å². The number of nitrogens with one attached hydrogen (secondary N) is 1. The predicted octanol–water partition coefficient (Wildman–Crippen LogP) is 3.45. The Morgan fingerprint density at radius 3 is 1.61 bits per heavy atom. The standard InChI is InChI=1S/C6H4F2.C4H8N2.2C2H6/c7-5-3-1-2-4-6(5)8;5-4-1-2-6-3-4;2*1-2/h1-4H;1,6H,2-3,5H2;2*1-2H3. The molecule has 104 valence electrons. The molecule has 1 aromatic carbocycles. The summed E-state index contributed by atoms with van der Waals surface area (Å²) in [5, 5.41) is 3.05. The number of rotatable bonds is 0. The van der Waals surface area contributed by atoms with Crippen LogP contribution in [0.25, 0.3) is 0 Å². The number of benzene rings is 1. The van der Waals surface area contributed by atoms with Crippen molar-refractivity contribution in [1.29, 1.82) is 0 Å². The highest BCUT2D eigenvalue weighted by Gasteiger charge is 1.94. The molecule has 0 unspecified atom stereocenters. The van der Waals surface area contributed by atoms with E-state index in [1.807, 2.05) is 33.8 Å². The lowest BCUT2D eigenvalue weighted by atomic mass is 10.3. The van der Waals surface area contributed by atoms with Crippen molar-refractivity contribution >= 4 is 0 Å². The molecule has 0 aliphatic carbocycles. The molecule has 1 aromatic rings. The highest BCUT2D eigenvalue weighted by atomic mass is 19.2. The van der Waals surface area contributed by atoms with Gasteiger partial charge in [0, 0.05) is 18.8 Å². The first-order valence-electron chi connectivity index (χ1n) is 6.25. The molecule has 0 fully saturated rings. The number of halogens is 2. The molecule has 0 aromatic heterocycles. The van der Waals surface area contributed by atoms with Gasteiger partial charge in [0.1, 0.15) is 0 Å². The second kappa shape index (κ2) is 13.6. The predicted molar refractivity (Wildman–Crippen MR) is 74.2 cm³/mol. The molecule has 18 heavy (non-hydrogen) atoms. The van der Waals surface area contributed by atoms with Crippen molar-refractivity contribution in [3.8, 4) is 0 Å². The van der Waals surface area contributed by atoms with Gasteiger partial charge < -0.3 is 11.1 Å². The molecule has 2 rings (SSSR count). The first-order chi connectivity index (χ1) is 8.70. The van der Waals surface area contributed by atoms with Crippen LogP contribution in [-0.4, -0.2) is 13.1 Å². The zero-order valence-electron chi connectivity index (χ0n) is 11.6. The molecule has 0 radical (unpaired) electrons. The maximum absolute atomic E-state index is 11.9. The van der Waals surface area contributed by atoms with Gasteiger partial charge in [-0.05, 0) is 12.1 Å². The van der Waals surface area contributed by atoms with Gasteiger partial charge >= 0.3 is 0 Å². The van der Waals surface area contributed by atoms with E-state index in [0.29, 0.717) is 0 Å². The first-order valence-corrected chi connectivity index (χ1v) is 6.25. The van der Waals surface area contributed by atoms with Crippen molar-refractivity contribution in [1.82, 2.24) is 5.32 Å². The van der Waals surface area contributed by atoms with Gasteiger partial charge in [-0.25, -0.2) is 8.78 Å². The van der Waals surface area contributed by atoms with Gasteiger partial charge in [-0.15, -0.1) is 0 Å². The number of hydrogen-bond donors (Lipinski definition) is 2. The smallest absolute Gasteiger partial charge is 0.158 e. The molecule has 0 amide bonds. The zero-order valence-corrected chi connectivity index (χ0v) is 11.6. The van der Waals surface area contributed by atoms with Crippen molar-refractivity contribution < 1.29 is 8.78 Å². The average Bonchev–Trinajstić information content (AvgIpc) is 2.90. The molecule has 1 aliphatic rings. The summed E-state index contributed by atoms with van der Waals surface area (Å²) in [5.41, 5.74) is 6.30. The molecule has 1 heterocycles. The molecule has 2 nitrogen and oxygen atoms in total. The van der Waals surface area contributed by atoms with Crippen LogP contribution in [0.4, 0.5) is 8.78 Å². The fraction of sp³-hybridized carbons (Fsp3) is 0.429. The second-order valence-corrected chi connectivity index (χ2v) is 2.82. The van der Waals surface area contributed by atoms with Crippen LogP contribution >= 0.6 is 0 Å². The third-order valence-corrected chi connectivity index (χ3v) is 1.66. The van der Waals surface area contributed by atoms with E-state index in [4.69, 9.17) is 5.73 Å². The van der Waals surface area contributed by atoms with Crippen LogP contribution in [0.5, 0.6) is 0 Å². The fourth-order valence-electron chi connectivity index (χ4n) is 0.931. The molecule has 1 aliphatic heterocycles. The van der Waals surface area contributed by atoms with Gasteiger partial charge in [0.05, 0.1) is 0 Å². The lowest BCUT2D eigenvalue weighted by Gasteiger charge is -1.85. The van der Waals surface area contributed by atoms with E-state index < -0.39 is 11.6 Å². The van der Waals surface area contributed by atoms with Crippen LogP contribution in [0.15, 0.2) is 36.0 Å². The monoisotopic (exact) mass is 258 g/mol. The van der Waals surface area contributed by atoms with Crippen molar-refractivity contribution in [2.24, 2.45) is 5.73 Å². The van der Waals surface area contributed by atoms with Gasteiger partial charge in [0.25, 0.3) is 0 Å². The molecule has 0 spiro atoms. The molecular weight excluding hydrogens is 234 g/mol. The summed E-state index contributed by atoms with van der Waals surface area (Å²) in [6.45, 7) is 9.83. The van der Waals surface area contributed by atoms with Crippen LogP contribution < -0.4 is 11.1 Å². The van der Waals surface area contributed by atoms with Gasteiger partial charge in [-0.3, -0.25) is 0 Å². The summed E-state index contributed by atoms with van der Waals surface area (Å²) in [6.07, 6.45) is 1.99. The maximum Gasteiger partial charge on any atom is 0.158 e. The SMILES string of the molecule is CC.CC.Fc1ccccc1F.NC1=CCNC1. The first kappa shape index (κ1) is 18.9. The minimum Gasteiger partial charge on any atom is -0.401 e. The normalized spacial score (nSPS) is 11.8. The van der Waals surface area contributed by atoms with Crippen molar-refractivity contribution in [3.63, 3.8) is 0 Å². The quantitative estimate of drug-likeness (QED) is 0.748. The van der Waals surface area contributed by atoms with E-state index in [2.05, 4.69) is 5.32 Å². The Bertz CT molecular complexity index is 304. The molecule has 3 N–H and O–H groups in total. The van der Waals surface area contributed by atoms with Crippen molar-refractivity contribution in [3.05, 3.63) is 47.7 Å². The van der Waals surface area contributed by atoms with Gasteiger partial charge in [-0.1, -0.05) is 45.9 Å². The van der Waals surface area contributed by atoms with Crippen molar-refractivity contribution in [2.75, 3.05) is 13.1 Å². The molecular formula is C14H24F2N2. The van der Waals surface area contributed by atoms with Crippen LogP contribution in [0.3, 0.4) is 0 Å². The second-order valence-electron chi connectivity index (χ2n) is 2.82. The highest BCUT2D eigenvalue weighted by molar-refractivity contribution is 5.05. The lowest BCUT2D eigenvalue weighted by Crippen LogP contribution is -2.10. The van der Waals surface area contributed by atoms with E-state index in [0.717, 1.165) is 30.9 Å². The molecule has 0 atom stereocenters. The summed E-state index contributed by atoms with van der Waals surface area (Å²) in [5.74, 6) is -1.60. The van der Waals surface area contributed by atoms with E-state index in [-0.39, 0.29) is 0 Å². The summed E-state index contributed by atoms with van der Waals surface area (Å²) >= 11 is 0. The largest absolute Gasteiger partial charge is 0.401 e. The lowest BCUT2D eigenvalue weighted by molar-refractivity contribution is 0.508. The third-order valence-electron chi connectivity index (χ3n) is 1.66. The average molecular weight is 258 g/mol. The molecule has 0 saturated heterocycles. The third kappa shape index (κ3) is 9.78. The highest BCUT2D eigenvalue weighted by Crippen LogP contribution is 2.01. The van der Waals surface area contributed by atoms with Crippen molar-refractivity contribution in [2.45, 2.75) is 27.7 Å². The zero-order chi connectivity index (χ0) is 14.4. The fourth-order valence-corrected chi connectivity index (χ4v) is 0.931. The van der Waals surface area contributed by atoms with Gasteiger partial charge in [0.15, 0.2) is 11.6 Å². The van der Waals surface area contributed by atoms with Crippen LogP contribution in [-0.2, 0) is 0 Å². The maximum atomic E-state index is 11.9. The van der Waals surface area contributed by atoms with Crippen LogP contribution in [0.1, 0.15) is 27.7 Å². The minimum atomic E-state index is -0.799. The number of hydrogen-bond acceptors (Lipinski definition) is 2. The Morgan fingerprint density at radius 1 is 1.00 bits per heavy atom. The Hall–Kier alpha value is -1.42. The van der Waals surface area contributed by atoms with Gasteiger partial charge in [0.2, 0.25) is 0 Å². The molecule has 0 saturated carbocycles. The van der Waals surface area contributed by atoms with E-state index in [1.54, 1.807) is 0 Å². The van der Waals surface area contributed by atoms with E-state index >= 15 is 0 Å². The summed E-state index contributed by atoms with van der Waals surface area (Å²) < 4.78 is 23.9. The Morgan fingerprint density at radius 2 is 1.44 bits per heavy atom. The molecule has 4 heteroatoms. The van der Waals surface area contributed by atoms with Gasteiger partial charge in [-0.2, -0.15) is 0 Å². The Balaban J connectivity index is 0. The minimum absolute atomic E-state index is 0.799. The molecule has 0 bridgehead atoms. The van der Waals surface area contributed by atoms with Crippen LogP contribution in [0, 0.1) is 11.6 Å². The Labute approximate surface area is 109 Å².